The number of nitrogens with two attached hydrogens (primary N) is 1. The highest BCUT2D eigenvalue weighted by atomic mass is 127. The summed E-state index contributed by atoms with van der Waals surface area (Å²) in [6.45, 7) is 0.809. The minimum atomic E-state index is 0.326. The predicted octanol–water partition coefficient (Wildman–Crippen LogP) is 3.06. The van der Waals surface area contributed by atoms with Gasteiger partial charge in [0.25, 0.3) is 0 Å². The summed E-state index contributed by atoms with van der Waals surface area (Å²) in [4.78, 5) is 0. The molecule has 0 radical (unpaired) electrons. The van der Waals surface area contributed by atoms with E-state index in [1.54, 1.807) is 0 Å². The second-order valence-electron chi connectivity index (χ2n) is 4.14. The lowest BCUT2D eigenvalue weighted by atomic mass is 9.94. The molecule has 0 aliphatic carbocycles. The van der Waals surface area contributed by atoms with Crippen molar-refractivity contribution in [3.63, 3.8) is 0 Å². The molecule has 0 aromatic heterocycles. The minimum Gasteiger partial charge on any atom is -0.329 e. The summed E-state index contributed by atoms with van der Waals surface area (Å²) < 4.78 is 1.63. The fraction of sp³-hybridized carbons (Fsp3) is 0.500. The highest BCUT2D eigenvalue weighted by Gasteiger charge is 2.33. The molecule has 0 spiro atoms. The number of thioether (sulfide) groups is 1. The van der Waals surface area contributed by atoms with Crippen LogP contribution in [0.1, 0.15) is 18.4 Å². The van der Waals surface area contributed by atoms with E-state index in [0.717, 1.165) is 13.0 Å². The summed E-state index contributed by atoms with van der Waals surface area (Å²) in [5.74, 6) is 1.28. The zero-order valence-electron chi connectivity index (χ0n) is 8.71. The topological polar surface area (TPSA) is 26.0 Å². The molecule has 1 aromatic carbocycles. The van der Waals surface area contributed by atoms with Crippen molar-refractivity contribution in [1.29, 1.82) is 0 Å². The van der Waals surface area contributed by atoms with Crippen LogP contribution in [-0.4, -0.2) is 17.0 Å². The van der Waals surface area contributed by atoms with Gasteiger partial charge in [-0.3, -0.25) is 0 Å². The lowest BCUT2D eigenvalue weighted by Crippen LogP contribution is -2.34. The van der Waals surface area contributed by atoms with Gasteiger partial charge in [0.1, 0.15) is 0 Å². The molecule has 2 N–H and O–H groups in total. The van der Waals surface area contributed by atoms with Crippen LogP contribution < -0.4 is 5.73 Å². The average Bonchev–Trinajstić information content (AvgIpc) is 2.71. The third-order valence-corrected chi connectivity index (χ3v) is 5.34. The van der Waals surface area contributed by atoms with Crippen LogP contribution in [0.25, 0.3) is 0 Å². The molecule has 1 atom stereocenters. The SMILES string of the molecule is NCC1(Cc2ccc(I)cc2)CCCS1. The first kappa shape index (κ1) is 11.7. The molecule has 0 bridgehead atoms. The van der Waals surface area contributed by atoms with Crippen molar-refractivity contribution in [2.45, 2.75) is 24.0 Å². The van der Waals surface area contributed by atoms with Crippen molar-refractivity contribution in [3.05, 3.63) is 33.4 Å². The van der Waals surface area contributed by atoms with Crippen molar-refractivity contribution < 1.29 is 0 Å². The van der Waals surface area contributed by atoms with Gasteiger partial charge in [-0.15, -0.1) is 0 Å². The molecule has 1 saturated heterocycles. The summed E-state index contributed by atoms with van der Waals surface area (Å²) in [7, 11) is 0. The molecule has 1 aliphatic heterocycles. The average molecular weight is 333 g/mol. The number of halogens is 1. The maximum Gasteiger partial charge on any atom is 0.0322 e. The van der Waals surface area contributed by atoms with Gasteiger partial charge in [-0.2, -0.15) is 11.8 Å². The Hall–Kier alpha value is 0.260. The van der Waals surface area contributed by atoms with Gasteiger partial charge in [-0.25, -0.2) is 0 Å². The van der Waals surface area contributed by atoms with E-state index in [1.807, 2.05) is 0 Å². The van der Waals surface area contributed by atoms with Crippen LogP contribution in [0.4, 0.5) is 0 Å². The zero-order valence-corrected chi connectivity index (χ0v) is 11.7. The van der Waals surface area contributed by atoms with Gasteiger partial charge in [0, 0.05) is 14.9 Å². The first-order chi connectivity index (χ1) is 7.24. The fourth-order valence-corrected chi connectivity index (χ4v) is 3.86. The number of hydrogen-bond acceptors (Lipinski definition) is 2. The second-order valence-corrected chi connectivity index (χ2v) is 6.95. The molecule has 1 fully saturated rings. The second kappa shape index (κ2) is 5.06. The first-order valence-electron chi connectivity index (χ1n) is 5.33. The lowest BCUT2D eigenvalue weighted by molar-refractivity contribution is 0.565. The molecule has 1 nitrogen and oxygen atoms in total. The van der Waals surface area contributed by atoms with E-state index in [0.29, 0.717) is 4.75 Å². The molecular weight excluding hydrogens is 317 g/mol. The van der Waals surface area contributed by atoms with Gasteiger partial charge >= 0.3 is 0 Å². The first-order valence-corrected chi connectivity index (χ1v) is 7.39. The Balaban J connectivity index is 2.09. The molecule has 2 rings (SSSR count). The summed E-state index contributed by atoms with van der Waals surface area (Å²) in [6, 6.07) is 8.83. The Morgan fingerprint density at radius 2 is 2.07 bits per heavy atom. The van der Waals surface area contributed by atoms with Gasteiger partial charge in [0.15, 0.2) is 0 Å². The zero-order chi connectivity index (χ0) is 10.7. The molecule has 1 heterocycles. The van der Waals surface area contributed by atoms with E-state index >= 15 is 0 Å². The van der Waals surface area contributed by atoms with Gasteiger partial charge in [0.2, 0.25) is 0 Å². The molecule has 0 amide bonds. The molecule has 1 unspecified atom stereocenters. The third kappa shape index (κ3) is 2.88. The molecule has 3 heteroatoms. The highest BCUT2D eigenvalue weighted by molar-refractivity contribution is 14.1. The predicted molar refractivity (Wildman–Crippen MR) is 76.3 cm³/mol. The quantitative estimate of drug-likeness (QED) is 0.861. The maximum atomic E-state index is 5.92. The molecule has 0 saturated carbocycles. The van der Waals surface area contributed by atoms with Crippen molar-refractivity contribution in [3.8, 4) is 0 Å². The van der Waals surface area contributed by atoms with Crippen molar-refractivity contribution in [2.75, 3.05) is 12.3 Å². The molecule has 1 aliphatic rings. The van der Waals surface area contributed by atoms with Gasteiger partial charge in [-0.1, -0.05) is 12.1 Å². The number of hydrogen-bond donors (Lipinski definition) is 1. The van der Waals surface area contributed by atoms with Crippen LogP contribution in [0, 0.1) is 3.57 Å². The summed E-state index contributed by atoms with van der Waals surface area (Å²) >= 11 is 4.41. The summed E-state index contributed by atoms with van der Waals surface area (Å²) in [5.41, 5.74) is 7.35. The van der Waals surface area contributed by atoms with Crippen LogP contribution in [0.5, 0.6) is 0 Å². The largest absolute Gasteiger partial charge is 0.329 e. The summed E-state index contributed by atoms with van der Waals surface area (Å²) in [6.07, 6.45) is 3.73. The van der Waals surface area contributed by atoms with Crippen LogP contribution in [0.15, 0.2) is 24.3 Å². The van der Waals surface area contributed by atoms with E-state index < -0.39 is 0 Å². The van der Waals surface area contributed by atoms with Gasteiger partial charge in [0.05, 0.1) is 0 Å². The Bertz CT molecular complexity index is 317. The van der Waals surface area contributed by atoms with Crippen molar-refractivity contribution >= 4 is 34.4 Å². The van der Waals surface area contributed by atoms with Crippen molar-refractivity contribution in [2.24, 2.45) is 5.73 Å². The standard InChI is InChI=1S/C12H16INS/c13-11-4-2-10(3-5-11)8-12(9-14)6-1-7-15-12/h2-5H,1,6-9,14H2. The van der Waals surface area contributed by atoms with Crippen LogP contribution in [-0.2, 0) is 6.42 Å². The normalized spacial score (nSPS) is 25.7. The van der Waals surface area contributed by atoms with E-state index in [-0.39, 0.29) is 0 Å². The van der Waals surface area contributed by atoms with Gasteiger partial charge < -0.3 is 5.73 Å². The lowest BCUT2D eigenvalue weighted by Gasteiger charge is -2.26. The molecular formula is C12H16INS. The van der Waals surface area contributed by atoms with Gasteiger partial charge in [-0.05, 0) is 65.3 Å². The molecule has 1 aromatic rings. The molecule has 15 heavy (non-hydrogen) atoms. The Labute approximate surface area is 109 Å². The Morgan fingerprint density at radius 3 is 2.60 bits per heavy atom. The Kier molecular flexibility index (Phi) is 3.96. The van der Waals surface area contributed by atoms with Crippen LogP contribution in [0.3, 0.4) is 0 Å². The molecule has 82 valence electrons. The fourth-order valence-electron chi connectivity index (χ4n) is 2.10. The summed E-state index contributed by atoms with van der Waals surface area (Å²) in [5, 5.41) is 0. The minimum absolute atomic E-state index is 0.326. The number of rotatable bonds is 3. The Morgan fingerprint density at radius 1 is 1.33 bits per heavy atom. The smallest absolute Gasteiger partial charge is 0.0322 e. The van der Waals surface area contributed by atoms with E-state index in [2.05, 4.69) is 58.6 Å². The van der Waals surface area contributed by atoms with Crippen LogP contribution in [0.2, 0.25) is 0 Å². The van der Waals surface area contributed by atoms with E-state index in [9.17, 15) is 0 Å². The van der Waals surface area contributed by atoms with Crippen molar-refractivity contribution in [1.82, 2.24) is 0 Å². The number of benzene rings is 1. The van der Waals surface area contributed by atoms with E-state index in [1.165, 1.54) is 27.7 Å². The highest BCUT2D eigenvalue weighted by Crippen LogP contribution is 2.39. The third-order valence-electron chi connectivity index (χ3n) is 3.00. The monoisotopic (exact) mass is 333 g/mol. The maximum absolute atomic E-state index is 5.92. The van der Waals surface area contributed by atoms with Crippen LogP contribution >= 0.6 is 34.4 Å². The van der Waals surface area contributed by atoms with E-state index in [4.69, 9.17) is 5.73 Å².